The van der Waals surface area contributed by atoms with Gasteiger partial charge in [-0.1, -0.05) is 66.7 Å². The smallest absolute Gasteiger partial charge is 0.269 e. The number of carbonyl (C=O) groups is 3. The summed E-state index contributed by atoms with van der Waals surface area (Å²) >= 11 is 0. The number of nitrogens with zero attached hydrogens (tertiary/aromatic N) is 2. The second-order valence-electron chi connectivity index (χ2n) is 11.4. The lowest BCUT2D eigenvalue weighted by Gasteiger charge is -2.34. The molecule has 1 aliphatic rings. The van der Waals surface area contributed by atoms with Crippen molar-refractivity contribution in [1.29, 1.82) is 0 Å². The van der Waals surface area contributed by atoms with Crippen LogP contribution in [-0.4, -0.2) is 53.5 Å². The van der Waals surface area contributed by atoms with E-state index in [-0.39, 0.29) is 48.2 Å². The molecule has 0 bridgehead atoms. The van der Waals surface area contributed by atoms with Gasteiger partial charge in [-0.25, -0.2) is 12.7 Å². The van der Waals surface area contributed by atoms with Crippen LogP contribution in [0.3, 0.4) is 0 Å². The third kappa shape index (κ3) is 7.03. The lowest BCUT2D eigenvalue weighted by molar-refractivity contribution is -0.142. The minimum atomic E-state index is -3.96. The van der Waals surface area contributed by atoms with Crippen LogP contribution < -0.4 is 5.32 Å². The number of hydrogen-bond donors (Lipinski definition) is 1. The molecule has 9 heteroatoms. The molecule has 216 valence electrons. The van der Waals surface area contributed by atoms with Crippen molar-refractivity contribution in [2.75, 3.05) is 6.54 Å². The summed E-state index contributed by atoms with van der Waals surface area (Å²) in [5.41, 5.74) is 2.45. The molecule has 0 unspecified atom stereocenters. The van der Waals surface area contributed by atoms with Crippen LogP contribution in [0.25, 0.3) is 0 Å². The molecule has 0 spiro atoms. The van der Waals surface area contributed by atoms with Gasteiger partial charge in [0.25, 0.3) is 15.9 Å². The topological polar surface area (TPSA) is 104 Å². The second kappa shape index (κ2) is 12.3. The predicted octanol–water partition coefficient (Wildman–Crippen LogP) is 4.47. The van der Waals surface area contributed by atoms with Crippen LogP contribution in [0.1, 0.15) is 60.7 Å². The highest BCUT2D eigenvalue weighted by Gasteiger charge is 2.40. The summed E-state index contributed by atoms with van der Waals surface area (Å²) in [6, 6.07) is 22.6. The largest absolute Gasteiger partial charge is 0.350 e. The van der Waals surface area contributed by atoms with E-state index in [4.69, 9.17) is 0 Å². The third-order valence-electron chi connectivity index (χ3n) is 7.04. The number of benzene rings is 3. The van der Waals surface area contributed by atoms with E-state index in [2.05, 4.69) is 5.32 Å². The molecule has 0 aromatic heterocycles. The average molecular weight is 576 g/mol. The number of aryl methyl sites for hydroxylation is 1. The Balaban J connectivity index is 1.59. The van der Waals surface area contributed by atoms with Gasteiger partial charge in [0.05, 0.1) is 5.56 Å². The molecule has 0 saturated carbocycles. The first-order chi connectivity index (χ1) is 19.4. The number of sulfonamides is 1. The summed E-state index contributed by atoms with van der Waals surface area (Å²) in [5, 5.41) is 3.04. The SMILES string of the molecule is Cc1ccccc1CN(C(=O)CCCN1C(=O)c2ccccc2S1(=O)=O)[C@@H](Cc1ccccc1)C(=O)NC(C)(C)C. The maximum absolute atomic E-state index is 13.9. The van der Waals surface area contributed by atoms with Crippen molar-refractivity contribution in [3.05, 3.63) is 101 Å². The van der Waals surface area contributed by atoms with Crippen molar-refractivity contribution in [3.63, 3.8) is 0 Å². The maximum Gasteiger partial charge on any atom is 0.269 e. The standard InChI is InChI=1S/C32H37N3O5S/c1-23-13-8-9-16-25(23)22-34(27(30(37)33-32(2,3)4)21-24-14-6-5-7-15-24)29(36)19-12-20-35-31(38)26-17-10-11-18-28(26)41(35,39)40/h5-11,13-18,27H,12,19-22H2,1-4H3,(H,33,37)/t27-/m0/s1. The highest BCUT2D eigenvalue weighted by atomic mass is 32.2. The lowest BCUT2D eigenvalue weighted by Crippen LogP contribution is -2.54. The molecule has 4 rings (SSSR count). The highest BCUT2D eigenvalue weighted by molar-refractivity contribution is 7.90. The fourth-order valence-electron chi connectivity index (χ4n) is 4.95. The van der Waals surface area contributed by atoms with Crippen LogP contribution in [0.4, 0.5) is 0 Å². The Labute approximate surface area is 242 Å². The summed E-state index contributed by atoms with van der Waals surface area (Å²) in [4.78, 5) is 42.0. The van der Waals surface area contributed by atoms with Crippen LogP contribution in [-0.2, 0) is 32.6 Å². The molecule has 41 heavy (non-hydrogen) atoms. The normalized spacial score (nSPS) is 14.8. The van der Waals surface area contributed by atoms with E-state index in [1.54, 1.807) is 17.0 Å². The quantitative estimate of drug-likeness (QED) is 0.384. The van der Waals surface area contributed by atoms with Gasteiger partial charge in [0.2, 0.25) is 11.8 Å². The number of rotatable bonds is 10. The monoisotopic (exact) mass is 575 g/mol. The molecule has 0 saturated heterocycles. The van der Waals surface area contributed by atoms with Crippen molar-refractivity contribution in [2.24, 2.45) is 0 Å². The zero-order chi connectivity index (χ0) is 29.8. The van der Waals surface area contributed by atoms with Gasteiger partial charge in [-0.15, -0.1) is 0 Å². The first-order valence-electron chi connectivity index (χ1n) is 13.7. The van der Waals surface area contributed by atoms with E-state index in [0.29, 0.717) is 6.42 Å². The van der Waals surface area contributed by atoms with Crippen molar-refractivity contribution in [3.8, 4) is 0 Å². The van der Waals surface area contributed by atoms with Crippen LogP contribution >= 0.6 is 0 Å². The summed E-state index contributed by atoms with van der Waals surface area (Å²) < 4.78 is 26.8. The van der Waals surface area contributed by atoms with Gasteiger partial charge in [0.15, 0.2) is 0 Å². The maximum atomic E-state index is 13.9. The van der Waals surface area contributed by atoms with Gasteiger partial charge in [-0.2, -0.15) is 0 Å². The van der Waals surface area contributed by atoms with E-state index in [0.717, 1.165) is 21.0 Å². The molecule has 3 aromatic rings. The minimum absolute atomic E-state index is 0.0146. The molecule has 8 nitrogen and oxygen atoms in total. The first kappa shape index (κ1) is 30.0. The predicted molar refractivity (Wildman–Crippen MR) is 157 cm³/mol. The van der Waals surface area contributed by atoms with Crippen molar-refractivity contribution >= 4 is 27.7 Å². The van der Waals surface area contributed by atoms with Gasteiger partial charge < -0.3 is 10.2 Å². The molecule has 3 amide bonds. The zero-order valence-electron chi connectivity index (χ0n) is 24.0. The Bertz CT molecular complexity index is 1530. The Hall–Kier alpha value is -3.98. The summed E-state index contributed by atoms with van der Waals surface area (Å²) in [5.74, 6) is -1.15. The van der Waals surface area contributed by atoms with E-state index in [1.165, 1.54) is 12.1 Å². The number of carbonyl (C=O) groups excluding carboxylic acids is 3. The van der Waals surface area contributed by atoms with E-state index < -0.39 is 27.5 Å². The molecule has 1 heterocycles. The van der Waals surface area contributed by atoms with Crippen molar-refractivity contribution in [1.82, 2.24) is 14.5 Å². The first-order valence-corrected chi connectivity index (χ1v) is 15.2. The number of amides is 3. The molecule has 0 aliphatic carbocycles. The van der Waals surface area contributed by atoms with Gasteiger partial charge in [0.1, 0.15) is 10.9 Å². The fourth-order valence-corrected chi connectivity index (χ4v) is 6.55. The van der Waals surface area contributed by atoms with E-state index in [1.807, 2.05) is 82.3 Å². The molecule has 1 aliphatic heterocycles. The molecule has 1 atom stereocenters. The fraction of sp³-hybridized carbons (Fsp3) is 0.344. The lowest BCUT2D eigenvalue weighted by atomic mass is 9.99. The van der Waals surface area contributed by atoms with Crippen molar-refractivity contribution < 1.29 is 22.8 Å². The van der Waals surface area contributed by atoms with E-state index in [9.17, 15) is 22.8 Å². The van der Waals surface area contributed by atoms with Crippen LogP contribution in [0.15, 0.2) is 83.8 Å². The number of nitrogens with one attached hydrogen (secondary N) is 1. The van der Waals surface area contributed by atoms with Gasteiger partial charge in [0, 0.05) is 31.5 Å². The zero-order valence-corrected chi connectivity index (χ0v) is 24.8. The molecule has 0 radical (unpaired) electrons. The Kier molecular flexibility index (Phi) is 8.97. The Morgan fingerprint density at radius 1 is 0.927 bits per heavy atom. The Morgan fingerprint density at radius 3 is 2.22 bits per heavy atom. The van der Waals surface area contributed by atoms with Crippen LogP contribution in [0.2, 0.25) is 0 Å². The summed E-state index contributed by atoms with van der Waals surface area (Å²) in [6.45, 7) is 7.72. The minimum Gasteiger partial charge on any atom is -0.350 e. The number of fused-ring (bicyclic) bond motifs is 1. The van der Waals surface area contributed by atoms with Crippen LogP contribution in [0.5, 0.6) is 0 Å². The molecular weight excluding hydrogens is 538 g/mol. The molecule has 3 aromatic carbocycles. The van der Waals surface area contributed by atoms with Crippen LogP contribution in [0, 0.1) is 6.92 Å². The number of hydrogen-bond acceptors (Lipinski definition) is 5. The van der Waals surface area contributed by atoms with Gasteiger partial charge >= 0.3 is 0 Å². The highest BCUT2D eigenvalue weighted by Crippen LogP contribution is 2.30. The van der Waals surface area contributed by atoms with E-state index >= 15 is 0 Å². The Morgan fingerprint density at radius 2 is 1.56 bits per heavy atom. The van der Waals surface area contributed by atoms with Gasteiger partial charge in [-0.3, -0.25) is 14.4 Å². The third-order valence-corrected chi connectivity index (χ3v) is 8.88. The van der Waals surface area contributed by atoms with Crippen molar-refractivity contribution in [2.45, 2.75) is 70.0 Å². The summed E-state index contributed by atoms with van der Waals surface area (Å²) in [6.07, 6.45) is 0.408. The van der Waals surface area contributed by atoms with Gasteiger partial charge in [-0.05, 0) is 62.9 Å². The molecular formula is C32H37N3O5S. The summed E-state index contributed by atoms with van der Waals surface area (Å²) in [7, 11) is -3.96. The molecule has 1 N–H and O–H groups in total. The second-order valence-corrected chi connectivity index (χ2v) is 13.2. The average Bonchev–Trinajstić information content (AvgIpc) is 3.11. The molecule has 0 fully saturated rings.